The van der Waals surface area contributed by atoms with Crippen LogP contribution in [0.3, 0.4) is 0 Å². The van der Waals surface area contributed by atoms with Gasteiger partial charge in [-0.15, -0.1) is 0 Å². The molecule has 0 radical (unpaired) electrons. The van der Waals surface area contributed by atoms with Crippen molar-refractivity contribution in [2.75, 3.05) is 0 Å². The van der Waals surface area contributed by atoms with E-state index in [0.717, 1.165) is 6.54 Å². The van der Waals surface area contributed by atoms with E-state index in [-0.39, 0.29) is 0 Å². The molecule has 1 heterocycles. The molecule has 4 N–H and O–H groups in total. The average molecular weight is 203 g/mol. The monoisotopic (exact) mass is 203 g/mol. The first-order chi connectivity index (χ1) is 7.30. The van der Waals surface area contributed by atoms with Gasteiger partial charge >= 0.3 is 0 Å². The van der Waals surface area contributed by atoms with Crippen LogP contribution in [0, 0.1) is 0 Å². The van der Waals surface area contributed by atoms with Crippen molar-refractivity contribution >= 4 is 10.9 Å². The predicted octanol–water partition coefficient (Wildman–Crippen LogP) is 1.58. The lowest BCUT2D eigenvalue weighted by atomic mass is 10.1. The molecule has 1 aromatic carbocycles. The Morgan fingerprint density at radius 3 is 2.60 bits per heavy atom. The Labute approximate surface area is 89.7 Å². The summed E-state index contributed by atoms with van der Waals surface area (Å²) in [4.78, 5) is 0. The Balaban J connectivity index is 2.68. The lowest BCUT2D eigenvalue weighted by Gasteiger charge is -2.02. The zero-order chi connectivity index (χ0) is 10.8. The number of fused-ring (bicyclic) bond motifs is 1. The lowest BCUT2D eigenvalue weighted by molar-refractivity contribution is 0.791. The molecule has 0 spiro atoms. The van der Waals surface area contributed by atoms with Gasteiger partial charge in [0.05, 0.1) is 0 Å². The molecule has 0 atom stereocenters. The SMILES string of the molecule is CCn1cc(CN)c2ccc(CN)cc21. The summed E-state index contributed by atoms with van der Waals surface area (Å²) in [6, 6.07) is 6.34. The third-order valence-corrected chi connectivity index (χ3v) is 2.83. The van der Waals surface area contributed by atoms with Gasteiger partial charge in [0.2, 0.25) is 0 Å². The van der Waals surface area contributed by atoms with Crippen LogP contribution in [0.25, 0.3) is 10.9 Å². The van der Waals surface area contributed by atoms with Crippen LogP contribution in [0.5, 0.6) is 0 Å². The second-order valence-electron chi connectivity index (χ2n) is 3.70. The highest BCUT2D eigenvalue weighted by molar-refractivity contribution is 5.84. The van der Waals surface area contributed by atoms with Gasteiger partial charge in [0.15, 0.2) is 0 Å². The summed E-state index contributed by atoms with van der Waals surface area (Å²) in [5.41, 5.74) is 15.0. The number of hydrogen-bond acceptors (Lipinski definition) is 2. The molecular formula is C12H17N3. The molecule has 0 saturated heterocycles. The predicted molar refractivity (Wildman–Crippen MR) is 63.4 cm³/mol. The zero-order valence-electron chi connectivity index (χ0n) is 9.03. The van der Waals surface area contributed by atoms with E-state index < -0.39 is 0 Å². The Morgan fingerprint density at radius 1 is 1.20 bits per heavy atom. The summed E-state index contributed by atoms with van der Waals surface area (Å²) in [7, 11) is 0. The van der Waals surface area contributed by atoms with Crippen molar-refractivity contribution < 1.29 is 0 Å². The molecule has 15 heavy (non-hydrogen) atoms. The third-order valence-electron chi connectivity index (χ3n) is 2.83. The molecule has 0 bridgehead atoms. The van der Waals surface area contributed by atoms with E-state index in [9.17, 15) is 0 Å². The third kappa shape index (κ3) is 1.64. The fourth-order valence-corrected chi connectivity index (χ4v) is 1.96. The number of nitrogens with two attached hydrogens (primary N) is 2. The summed E-state index contributed by atoms with van der Waals surface area (Å²) in [5, 5.41) is 1.25. The second-order valence-corrected chi connectivity index (χ2v) is 3.70. The minimum Gasteiger partial charge on any atom is -0.347 e. The second kappa shape index (κ2) is 4.04. The van der Waals surface area contributed by atoms with Gasteiger partial charge in [0, 0.05) is 36.7 Å². The molecule has 3 heteroatoms. The quantitative estimate of drug-likeness (QED) is 0.795. The topological polar surface area (TPSA) is 57.0 Å². The van der Waals surface area contributed by atoms with Gasteiger partial charge in [0.25, 0.3) is 0 Å². The van der Waals surface area contributed by atoms with E-state index in [1.165, 1.54) is 22.0 Å². The molecule has 80 valence electrons. The number of rotatable bonds is 3. The van der Waals surface area contributed by atoms with Crippen LogP contribution in [0.2, 0.25) is 0 Å². The molecule has 0 amide bonds. The lowest BCUT2D eigenvalue weighted by Crippen LogP contribution is -1.97. The van der Waals surface area contributed by atoms with Crippen LogP contribution < -0.4 is 11.5 Å². The van der Waals surface area contributed by atoms with Crippen LogP contribution in [0.15, 0.2) is 24.4 Å². The Hall–Kier alpha value is -1.32. The Morgan fingerprint density at radius 2 is 2.00 bits per heavy atom. The smallest absolute Gasteiger partial charge is 0.0486 e. The first-order valence-corrected chi connectivity index (χ1v) is 5.31. The molecule has 0 aliphatic heterocycles. The summed E-state index contributed by atoms with van der Waals surface area (Å²) in [6.45, 7) is 4.27. The summed E-state index contributed by atoms with van der Waals surface area (Å²) in [6.07, 6.45) is 2.13. The highest BCUT2D eigenvalue weighted by Gasteiger charge is 2.06. The van der Waals surface area contributed by atoms with Gasteiger partial charge in [-0.2, -0.15) is 0 Å². The fourth-order valence-electron chi connectivity index (χ4n) is 1.96. The Kier molecular flexibility index (Phi) is 2.75. The summed E-state index contributed by atoms with van der Waals surface area (Å²) >= 11 is 0. The van der Waals surface area contributed by atoms with Crippen molar-refractivity contribution in [1.82, 2.24) is 4.57 Å². The zero-order valence-corrected chi connectivity index (χ0v) is 9.03. The van der Waals surface area contributed by atoms with Crippen LogP contribution in [0.4, 0.5) is 0 Å². The molecule has 2 aromatic rings. The van der Waals surface area contributed by atoms with Crippen LogP contribution in [0.1, 0.15) is 18.1 Å². The highest BCUT2D eigenvalue weighted by Crippen LogP contribution is 2.22. The minimum atomic E-state index is 0.586. The van der Waals surface area contributed by atoms with Gasteiger partial charge in [-0.05, 0) is 24.1 Å². The number of aromatic nitrogens is 1. The average Bonchev–Trinajstić information content (AvgIpc) is 2.65. The van der Waals surface area contributed by atoms with Crippen molar-refractivity contribution in [2.45, 2.75) is 26.6 Å². The first kappa shape index (κ1) is 10.2. The van der Waals surface area contributed by atoms with Crippen molar-refractivity contribution in [3.8, 4) is 0 Å². The van der Waals surface area contributed by atoms with Gasteiger partial charge in [-0.1, -0.05) is 12.1 Å². The van der Waals surface area contributed by atoms with E-state index in [2.05, 4.69) is 35.9 Å². The van der Waals surface area contributed by atoms with E-state index in [4.69, 9.17) is 11.5 Å². The van der Waals surface area contributed by atoms with Crippen LogP contribution >= 0.6 is 0 Å². The van der Waals surface area contributed by atoms with Gasteiger partial charge < -0.3 is 16.0 Å². The summed E-state index contributed by atoms with van der Waals surface area (Å²) < 4.78 is 2.22. The van der Waals surface area contributed by atoms with E-state index >= 15 is 0 Å². The standard InChI is InChI=1S/C12H17N3/c1-2-15-8-10(7-14)11-4-3-9(6-13)5-12(11)15/h3-5,8H,2,6-7,13-14H2,1H3. The molecule has 3 nitrogen and oxygen atoms in total. The maximum atomic E-state index is 5.72. The molecule has 1 aromatic heterocycles. The van der Waals surface area contributed by atoms with E-state index in [1.54, 1.807) is 0 Å². The Bertz CT molecular complexity index is 471. The number of nitrogens with zero attached hydrogens (tertiary/aromatic N) is 1. The van der Waals surface area contributed by atoms with Gasteiger partial charge in [-0.25, -0.2) is 0 Å². The number of aryl methyl sites for hydroxylation is 1. The van der Waals surface area contributed by atoms with Gasteiger partial charge in [-0.3, -0.25) is 0 Å². The van der Waals surface area contributed by atoms with Crippen LogP contribution in [-0.2, 0) is 19.6 Å². The molecule has 0 saturated carbocycles. The van der Waals surface area contributed by atoms with Crippen molar-refractivity contribution in [3.05, 3.63) is 35.5 Å². The molecule has 0 unspecified atom stereocenters. The van der Waals surface area contributed by atoms with Crippen molar-refractivity contribution in [1.29, 1.82) is 0 Å². The maximum Gasteiger partial charge on any atom is 0.0486 e. The van der Waals surface area contributed by atoms with Gasteiger partial charge in [0.1, 0.15) is 0 Å². The normalized spacial score (nSPS) is 11.1. The van der Waals surface area contributed by atoms with Crippen molar-refractivity contribution in [2.24, 2.45) is 11.5 Å². The fraction of sp³-hybridized carbons (Fsp3) is 0.333. The van der Waals surface area contributed by atoms with E-state index in [0.29, 0.717) is 13.1 Å². The molecule has 0 fully saturated rings. The minimum absolute atomic E-state index is 0.586. The van der Waals surface area contributed by atoms with Crippen molar-refractivity contribution in [3.63, 3.8) is 0 Å². The maximum absolute atomic E-state index is 5.72. The molecular weight excluding hydrogens is 186 g/mol. The number of hydrogen-bond donors (Lipinski definition) is 2. The molecule has 0 aliphatic carbocycles. The molecule has 2 rings (SSSR count). The van der Waals surface area contributed by atoms with Crippen LogP contribution in [-0.4, -0.2) is 4.57 Å². The van der Waals surface area contributed by atoms with E-state index in [1.807, 2.05) is 0 Å². The highest BCUT2D eigenvalue weighted by atomic mass is 14.9. The summed E-state index contributed by atoms with van der Waals surface area (Å²) in [5.74, 6) is 0. The molecule has 0 aliphatic rings. The first-order valence-electron chi connectivity index (χ1n) is 5.31. The number of benzene rings is 1. The largest absolute Gasteiger partial charge is 0.347 e.